The van der Waals surface area contributed by atoms with Crippen LogP contribution in [0.1, 0.15) is 23.2 Å². The number of halogens is 1. The molecule has 1 amide bonds. The lowest BCUT2D eigenvalue weighted by Gasteiger charge is -2.25. The van der Waals surface area contributed by atoms with Crippen LogP contribution < -0.4 is 9.46 Å². The number of nitrogens with one attached hydrogen (secondary N) is 1. The monoisotopic (exact) mass is 477 g/mol. The number of ether oxygens (including phenoxy) is 1. The average Bonchev–Trinajstić information content (AvgIpc) is 3.43. The first-order valence-corrected chi connectivity index (χ1v) is 12.4. The Hall–Kier alpha value is -2.62. The van der Waals surface area contributed by atoms with Gasteiger partial charge in [-0.15, -0.1) is 11.3 Å². The van der Waals surface area contributed by atoms with Gasteiger partial charge >= 0.3 is 0 Å². The van der Waals surface area contributed by atoms with Crippen molar-refractivity contribution in [2.75, 3.05) is 17.9 Å². The molecule has 0 unspecified atom stereocenters. The fourth-order valence-corrected chi connectivity index (χ4v) is 5.38. The fourth-order valence-electron chi connectivity index (χ4n) is 3.42. The number of nitrogens with zero attached hydrogens (tertiary/aromatic N) is 2. The highest BCUT2D eigenvalue weighted by Gasteiger charge is 2.30. The summed E-state index contributed by atoms with van der Waals surface area (Å²) < 4.78 is 33.2. The molecular weight excluding hydrogens is 458 g/mol. The minimum absolute atomic E-state index is 0.0542. The van der Waals surface area contributed by atoms with Crippen LogP contribution >= 0.6 is 22.9 Å². The number of aromatic nitrogens is 1. The summed E-state index contributed by atoms with van der Waals surface area (Å²) in [7, 11) is -3.76. The Morgan fingerprint density at radius 2 is 2.06 bits per heavy atom. The number of sulfonamides is 1. The topological polar surface area (TPSA) is 88.6 Å². The SMILES string of the molecule is O=C(c1ccc(S(=O)(=O)Nc2nccs2)cc1)N1CCC[C@H]1COc1cccc(Cl)c1. The highest BCUT2D eigenvalue weighted by molar-refractivity contribution is 7.93. The van der Waals surface area contributed by atoms with E-state index in [1.54, 1.807) is 22.4 Å². The molecule has 1 aliphatic rings. The van der Waals surface area contributed by atoms with E-state index in [4.69, 9.17) is 16.3 Å². The summed E-state index contributed by atoms with van der Waals surface area (Å²) in [4.78, 5) is 18.8. The Morgan fingerprint density at radius 1 is 1.26 bits per heavy atom. The van der Waals surface area contributed by atoms with Crippen molar-refractivity contribution in [3.05, 3.63) is 70.7 Å². The van der Waals surface area contributed by atoms with Gasteiger partial charge in [0.15, 0.2) is 5.13 Å². The van der Waals surface area contributed by atoms with Crippen LogP contribution in [0.2, 0.25) is 5.02 Å². The summed E-state index contributed by atoms with van der Waals surface area (Å²) in [6, 6.07) is 13.0. The standard InChI is InChI=1S/C21H20ClN3O4S2/c22-16-3-1-5-18(13-16)29-14-17-4-2-11-25(17)20(26)15-6-8-19(9-7-15)31(27,28)24-21-23-10-12-30-21/h1,3,5-10,12-13,17H,2,4,11,14H2,(H,23,24)/t17-/m0/s1. The molecule has 10 heteroatoms. The molecule has 0 aliphatic carbocycles. The third-order valence-corrected chi connectivity index (χ3v) is 7.35. The zero-order valence-electron chi connectivity index (χ0n) is 16.4. The van der Waals surface area contributed by atoms with Crippen LogP contribution in [0.25, 0.3) is 0 Å². The van der Waals surface area contributed by atoms with Crippen LogP contribution in [-0.2, 0) is 10.0 Å². The van der Waals surface area contributed by atoms with E-state index in [9.17, 15) is 13.2 Å². The molecule has 2 heterocycles. The maximum atomic E-state index is 13.0. The second-order valence-electron chi connectivity index (χ2n) is 7.03. The number of benzene rings is 2. The van der Waals surface area contributed by atoms with Gasteiger partial charge in [0.05, 0.1) is 10.9 Å². The molecule has 1 atom stereocenters. The largest absolute Gasteiger partial charge is 0.491 e. The molecule has 2 aromatic carbocycles. The zero-order valence-corrected chi connectivity index (χ0v) is 18.8. The molecule has 1 fully saturated rings. The maximum absolute atomic E-state index is 13.0. The summed E-state index contributed by atoms with van der Waals surface area (Å²) in [5.74, 6) is 0.517. The van der Waals surface area contributed by atoms with Crippen molar-refractivity contribution in [1.29, 1.82) is 0 Å². The molecule has 0 bridgehead atoms. The first-order valence-electron chi connectivity index (χ1n) is 9.64. The van der Waals surface area contributed by atoms with Gasteiger partial charge in [0, 0.05) is 28.7 Å². The fraction of sp³-hybridized carbons (Fsp3) is 0.238. The van der Waals surface area contributed by atoms with Crippen LogP contribution in [0.5, 0.6) is 5.75 Å². The van der Waals surface area contributed by atoms with Gasteiger partial charge < -0.3 is 9.64 Å². The summed E-state index contributed by atoms with van der Waals surface area (Å²) in [5, 5.41) is 2.57. The van der Waals surface area contributed by atoms with Crippen molar-refractivity contribution in [2.45, 2.75) is 23.8 Å². The minimum Gasteiger partial charge on any atom is -0.491 e. The van der Waals surface area contributed by atoms with Crippen molar-refractivity contribution in [3.63, 3.8) is 0 Å². The van der Waals surface area contributed by atoms with Crippen LogP contribution in [0.15, 0.2) is 65.0 Å². The van der Waals surface area contributed by atoms with Gasteiger partial charge in [0.2, 0.25) is 0 Å². The van der Waals surface area contributed by atoms with Gasteiger partial charge in [-0.1, -0.05) is 17.7 Å². The molecule has 162 valence electrons. The number of anilines is 1. The van der Waals surface area contributed by atoms with Crippen molar-refractivity contribution >= 4 is 44.0 Å². The summed E-state index contributed by atoms with van der Waals surface area (Å²) >= 11 is 7.18. The second-order valence-corrected chi connectivity index (χ2v) is 10.0. The molecule has 0 spiro atoms. The number of carbonyl (C=O) groups excluding carboxylic acids is 1. The number of rotatable bonds is 7. The lowest BCUT2D eigenvalue weighted by Crippen LogP contribution is -2.39. The van der Waals surface area contributed by atoms with Gasteiger partial charge in [0.25, 0.3) is 15.9 Å². The molecule has 1 saturated heterocycles. The molecule has 3 aromatic rings. The molecule has 1 aliphatic heterocycles. The van der Waals surface area contributed by atoms with E-state index in [0.717, 1.165) is 12.8 Å². The molecule has 0 saturated carbocycles. The predicted octanol–water partition coefficient (Wildman–Crippen LogP) is 4.28. The third-order valence-electron chi connectivity index (χ3n) is 4.94. The first-order chi connectivity index (χ1) is 14.9. The van der Waals surface area contributed by atoms with E-state index in [1.807, 2.05) is 12.1 Å². The van der Waals surface area contributed by atoms with E-state index in [0.29, 0.717) is 34.6 Å². The number of thiazole rings is 1. The smallest absolute Gasteiger partial charge is 0.263 e. The van der Waals surface area contributed by atoms with Crippen LogP contribution in [-0.4, -0.2) is 43.4 Å². The Bertz CT molecular complexity index is 1150. The van der Waals surface area contributed by atoms with E-state index in [1.165, 1.54) is 41.8 Å². The number of likely N-dealkylation sites (tertiary alicyclic amines) is 1. The highest BCUT2D eigenvalue weighted by Crippen LogP contribution is 2.24. The van der Waals surface area contributed by atoms with Crippen LogP contribution in [0.3, 0.4) is 0 Å². The lowest BCUT2D eigenvalue weighted by atomic mass is 10.1. The first kappa shape index (κ1) is 21.6. The Morgan fingerprint density at radius 3 is 2.77 bits per heavy atom. The van der Waals surface area contributed by atoms with E-state index < -0.39 is 10.0 Å². The minimum atomic E-state index is -3.76. The Kier molecular flexibility index (Phi) is 6.45. The predicted molar refractivity (Wildman–Crippen MR) is 120 cm³/mol. The lowest BCUT2D eigenvalue weighted by molar-refractivity contribution is 0.0691. The van der Waals surface area contributed by atoms with Crippen LogP contribution in [0, 0.1) is 0 Å². The summed E-state index contributed by atoms with van der Waals surface area (Å²) in [5.41, 5.74) is 0.433. The Balaban J connectivity index is 1.42. The van der Waals surface area contributed by atoms with Crippen molar-refractivity contribution in [1.82, 2.24) is 9.88 Å². The molecule has 4 rings (SSSR count). The average molecular weight is 478 g/mol. The van der Waals surface area contributed by atoms with Gasteiger partial charge in [-0.2, -0.15) is 0 Å². The highest BCUT2D eigenvalue weighted by atomic mass is 35.5. The molecular formula is C21H20ClN3O4S2. The number of hydrogen-bond acceptors (Lipinski definition) is 6. The molecule has 1 N–H and O–H groups in total. The van der Waals surface area contributed by atoms with E-state index in [2.05, 4.69) is 9.71 Å². The van der Waals surface area contributed by atoms with Gasteiger partial charge in [-0.3, -0.25) is 9.52 Å². The van der Waals surface area contributed by atoms with Crippen LogP contribution in [0.4, 0.5) is 5.13 Å². The van der Waals surface area contributed by atoms with Crippen molar-refractivity contribution < 1.29 is 17.9 Å². The third kappa shape index (κ3) is 5.17. The van der Waals surface area contributed by atoms with E-state index in [-0.39, 0.29) is 16.8 Å². The van der Waals surface area contributed by atoms with E-state index >= 15 is 0 Å². The zero-order chi connectivity index (χ0) is 21.8. The maximum Gasteiger partial charge on any atom is 0.263 e. The molecule has 31 heavy (non-hydrogen) atoms. The molecule has 1 aromatic heterocycles. The van der Waals surface area contributed by atoms with Gasteiger partial charge in [-0.05, 0) is 55.3 Å². The van der Waals surface area contributed by atoms with Crippen molar-refractivity contribution in [3.8, 4) is 5.75 Å². The van der Waals surface area contributed by atoms with Gasteiger partial charge in [0.1, 0.15) is 12.4 Å². The molecule has 7 nitrogen and oxygen atoms in total. The molecule has 0 radical (unpaired) electrons. The van der Waals surface area contributed by atoms with Crippen molar-refractivity contribution in [2.24, 2.45) is 0 Å². The summed E-state index contributed by atoms with van der Waals surface area (Å²) in [6.07, 6.45) is 3.25. The number of amides is 1. The number of hydrogen-bond donors (Lipinski definition) is 1. The Labute approximate surface area is 189 Å². The quantitative estimate of drug-likeness (QED) is 0.548. The second kappa shape index (κ2) is 9.25. The normalized spacial score (nSPS) is 16.3. The summed E-state index contributed by atoms with van der Waals surface area (Å²) in [6.45, 7) is 1.00. The van der Waals surface area contributed by atoms with Gasteiger partial charge in [-0.25, -0.2) is 13.4 Å². The number of carbonyl (C=O) groups is 1.